The molecule has 0 radical (unpaired) electrons. The lowest BCUT2D eigenvalue weighted by atomic mass is 9.92. The third-order valence-electron chi connectivity index (χ3n) is 2.92. The molecule has 0 spiro atoms. The molecule has 1 rings (SSSR count). The van der Waals surface area contributed by atoms with Crippen molar-refractivity contribution in [1.82, 2.24) is 0 Å². The van der Waals surface area contributed by atoms with Crippen molar-refractivity contribution >= 4 is 16.9 Å². The van der Waals surface area contributed by atoms with E-state index in [1.165, 1.54) is 11.8 Å². The summed E-state index contributed by atoms with van der Waals surface area (Å²) in [6.07, 6.45) is 1.94. The minimum Gasteiger partial charge on any atom is -0.510 e. The lowest BCUT2D eigenvalue weighted by Gasteiger charge is -2.25. The highest BCUT2D eigenvalue weighted by Crippen LogP contribution is 2.46. The first-order chi connectivity index (χ1) is 6.40. The molecule has 0 fully saturated rings. The van der Waals surface area contributed by atoms with E-state index in [0.717, 1.165) is 12.8 Å². The Kier molecular flexibility index (Phi) is 3.30. The Morgan fingerprint density at radius 2 is 2.14 bits per heavy atom. The second-order valence-corrected chi connectivity index (χ2v) is 5.79. The van der Waals surface area contributed by atoms with Crippen LogP contribution in [0.3, 0.4) is 0 Å². The van der Waals surface area contributed by atoms with E-state index in [2.05, 4.69) is 13.8 Å². The highest BCUT2D eigenvalue weighted by atomic mass is 32.2. The molecule has 0 aromatic rings. The molecular weight excluding hydrogens is 196 g/mol. The van der Waals surface area contributed by atoms with E-state index in [1.54, 1.807) is 6.92 Å². The largest absolute Gasteiger partial charge is 0.510 e. The van der Waals surface area contributed by atoms with Crippen LogP contribution < -0.4 is 0 Å². The average molecular weight is 214 g/mol. The maximum absolute atomic E-state index is 11.4. The summed E-state index contributed by atoms with van der Waals surface area (Å²) in [7, 11) is 0. The van der Waals surface area contributed by atoms with E-state index in [1.807, 2.05) is 6.92 Å². The van der Waals surface area contributed by atoms with Crippen molar-refractivity contribution in [2.45, 2.75) is 45.3 Å². The molecule has 1 aliphatic heterocycles. The summed E-state index contributed by atoms with van der Waals surface area (Å²) in [5, 5.41) is 9.89. The number of aliphatic hydroxyl groups excluding tert-OH is 1. The second-order valence-electron chi connectivity index (χ2n) is 4.31. The summed E-state index contributed by atoms with van der Waals surface area (Å²) in [6, 6.07) is 0. The fraction of sp³-hybridized carbons (Fsp3) is 0.727. The molecule has 2 nitrogen and oxygen atoms in total. The SMILES string of the molecule is CCC(C)C[C@]1(C)SC(=O)C(C)=C1O. The molecule has 14 heavy (non-hydrogen) atoms. The van der Waals surface area contributed by atoms with Crippen LogP contribution in [-0.4, -0.2) is 15.0 Å². The topological polar surface area (TPSA) is 37.3 Å². The molecule has 0 saturated carbocycles. The van der Waals surface area contributed by atoms with Gasteiger partial charge in [-0.2, -0.15) is 0 Å². The molecule has 2 atom stereocenters. The maximum Gasteiger partial charge on any atom is 0.219 e. The van der Waals surface area contributed by atoms with Gasteiger partial charge in [-0.05, 0) is 26.2 Å². The summed E-state index contributed by atoms with van der Waals surface area (Å²) >= 11 is 1.26. The maximum atomic E-state index is 11.4. The van der Waals surface area contributed by atoms with Crippen LogP contribution in [0.1, 0.15) is 40.5 Å². The van der Waals surface area contributed by atoms with E-state index in [0.29, 0.717) is 11.5 Å². The third kappa shape index (κ3) is 1.97. The van der Waals surface area contributed by atoms with E-state index in [4.69, 9.17) is 0 Å². The van der Waals surface area contributed by atoms with Gasteiger partial charge in [0.25, 0.3) is 0 Å². The molecule has 1 N–H and O–H groups in total. The summed E-state index contributed by atoms with van der Waals surface area (Å²) in [4.78, 5) is 11.4. The van der Waals surface area contributed by atoms with Gasteiger partial charge in [-0.25, -0.2) is 0 Å². The number of hydrogen-bond donors (Lipinski definition) is 1. The monoisotopic (exact) mass is 214 g/mol. The van der Waals surface area contributed by atoms with Crippen molar-refractivity contribution in [1.29, 1.82) is 0 Å². The predicted octanol–water partition coefficient (Wildman–Crippen LogP) is 3.29. The lowest BCUT2D eigenvalue weighted by Crippen LogP contribution is -2.23. The van der Waals surface area contributed by atoms with Crippen molar-refractivity contribution in [3.05, 3.63) is 11.3 Å². The first-order valence-corrected chi connectivity index (χ1v) is 5.86. The number of thioether (sulfide) groups is 1. The number of aliphatic hydroxyl groups is 1. The van der Waals surface area contributed by atoms with Gasteiger partial charge < -0.3 is 5.11 Å². The molecule has 1 aliphatic rings. The Balaban J connectivity index is 2.83. The number of carbonyl (C=O) groups excluding carboxylic acids is 1. The minimum atomic E-state index is -0.378. The number of carbonyl (C=O) groups is 1. The summed E-state index contributed by atoms with van der Waals surface area (Å²) < 4.78 is -0.378. The Labute approximate surface area is 89.8 Å². The standard InChI is InChI=1S/C11H18O2S/c1-5-7(2)6-11(4)9(12)8(3)10(13)14-11/h7,12H,5-6H2,1-4H3/t7?,11-/m0/s1. The molecule has 80 valence electrons. The van der Waals surface area contributed by atoms with Crippen LogP contribution >= 0.6 is 11.8 Å². The van der Waals surface area contributed by atoms with Gasteiger partial charge in [-0.3, -0.25) is 4.79 Å². The van der Waals surface area contributed by atoms with Crippen molar-refractivity contribution in [2.24, 2.45) is 5.92 Å². The first-order valence-electron chi connectivity index (χ1n) is 5.04. The molecule has 0 aromatic carbocycles. The van der Waals surface area contributed by atoms with Gasteiger partial charge in [-0.15, -0.1) is 0 Å². The smallest absolute Gasteiger partial charge is 0.219 e. The highest BCUT2D eigenvalue weighted by molar-refractivity contribution is 8.15. The molecule has 0 bridgehead atoms. The normalized spacial score (nSPS) is 29.9. The summed E-state index contributed by atoms with van der Waals surface area (Å²) in [5.74, 6) is 0.821. The van der Waals surface area contributed by atoms with Gasteiger partial charge in [0.15, 0.2) is 0 Å². The Morgan fingerprint density at radius 3 is 2.50 bits per heavy atom. The lowest BCUT2D eigenvalue weighted by molar-refractivity contribution is -0.107. The molecule has 0 aliphatic carbocycles. The van der Waals surface area contributed by atoms with Gasteiger partial charge in [0.05, 0.1) is 4.75 Å². The van der Waals surface area contributed by atoms with Crippen LogP contribution in [0.25, 0.3) is 0 Å². The van der Waals surface area contributed by atoms with Crippen LogP contribution in [0.15, 0.2) is 11.3 Å². The molecule has 0 amide bonds. The number of hydrogen-bond acceptors (Lipinski definition) is 3. The third-order valence-corrected chi connectivity index (χ3v) is 4.22. The molecule has 0 aromatic heterocycles. The highest BCUT2D eigenvalue weighted by Gasteiger charge is 2.42. The van der Waals surface area contributed by atoms with Crippen molar-refractivity contribution in [3.8, 4) is 0 Å². The van der Waals surface area contributed by atoms with Crippen LogP contribution in [0, 0.1) is 5.92 Å². The van der Waals surface area contributed by atoms with E-state index in [9.17, 15) is 9.90 Å². The van der Waals surface area contributed by atoms with Gasteiger partial charge in [-0.1, -0.05) is 32.0 Å². The van der Waals surface area contributed by atoms with Gasteiger partial charge in [0.2, 0.25) is 5.12 Å². The summed E-state index contributed by atoms with van der Waals surface area (Å²) in [6.45, 7) is 7.93. The zero-order valence-corrected chi connectivity index (χ0v) is 10.1. The zero-order chi connectivity index (χ0) is 10.9. The zero-order valence-electron chi connectivity index (χ0n) is 9.26. The van der Waals surface area contributed by atoms with Crippen molar-refractivity contribution in [2.75, 3.05) is 0 Å². The second kappa shape index (κ2) is 3.97. The van der Waals surface area contributed by atoms with Gasteiger partial charge in [0.1, 0.15) is 5.76 Å². The minimum absolute atomic E-state index is 0.0216. The average Bonchev–Trinajstić information content (AvgIpc) is 2.30. The fourth-order valence-corrected chi connectivity index (χ4v) is 3.05. The Hall–Kier alpha value is -0.440. The van der Waals surface area contributed by atoms with E-state index < -0.39 is 0 Å². The van der Waals surface area contributed by atoms with Crippen LogP contribution in [0.2, 0.25) is 0 Å². The molecule has 0 saturated heterocycles. The predicted molar refractivity (Wildman–Crippen MR) is 60.4 cm³/mol. The quantitative estimate of drug-likeness (QED) is 0.783. The molecular formula is C11H18O2S. The van der Waals surface area contributed by atoms with Crippen LogP contribution in [0.5, 0.6) is 0 Å². The first kappa shape index (κ1) is 11.6. The van der Waals surface area contributed by atoms with Crippen molar-refractivity contribution in [3.63, 3.8) is 0 Å². The summed E-state index contributed by atoms with van der Waals surface area (Å²) in [5.41, 5.74) is 0.529. The Morgan fingerprint density at radius 1 is 1.57 bits per heavy atom. The molecule has 3 heteroatoms. The Bertz CT molecular complexity index is 283. The van der Waals surface area contributed by atoms with Crippen LogP contribution in [0.4, 0.5) is 0 Å². The van der Waals surface area contributed by atoms with E-state index in [-0.39, 0.29) is 15.6 Å². The van der Waals surface area contributed by atoms with E-state index >= 15 is 0 Å². The van der Waals surface area contributed by atoms with Gasteiger partial charge in [0, 0.05) is 5.57 Å². The molecule has 1 heterocycles. The fourth-order valence-electron chi connectivity index (χ4n) is 1.77. The number of rotatable bonds is 3. The van der Waals surface area contributed by atoms with Crippen molar-refractivity contribution < 1.29 is 9.90 Å². The van der Waals surface area contributed by atoms with Crippen LogP contribution in [-0.2, 0) is 4.79 Å². The molecule has 1 unspecified atom stereocenters. The van der Waals surface area contributed by atoms with Gasteiger partial charge >= 0.3 is 0 Å².